The van der Waals surface area contributed by atoms with E-state index < -0.39 is 24.7 Å². The molecule has 2 aromatic carbocycles. The van der Waals surface area contributed by atoms with Gasteiger partial charge < -0.3 is 29.7 Å². The molecule has 4 fully saturated rings. The van der Waals surface area contributed by atoms with Gasteiger partial charge in [0.25, 0.3) is 0 Å². The Balaban J connectivity index is 0.00000481. The van der Waals surface area contributed by atoms with Crippen molar-refractivity contribution in [2.75, 3.05) is 31.6 Å². The molecule has 10 nitrogen and oxygen atoms in total. The number of nitrogens with one attached hydrogen (secondary N) is 2. The lowest BCUT2D eigenvalue weighted by Crippen LogP contribution is -2.52. The van der Waals surface area contributed by atoms with E-state index in [0.717, 1.165) is 50.2 Å². The third kappa shape index (κ3) is 9.76. The summed E-state index contributed by atoms with van der Waals surface area (Å²) in [5.41, 5.74) is 1.71. The highest BCUT2D eigenvalue weighted by atomic mass is 35.5. The molecule has 3 aliphatic heterocycles. The van der Waals surface area contributed by atoms with Gasteiger partial charge in [-0.3, -0.25) is 4.90 Å². The monoisotopic (exact) mass is 789 g/mol. The number of piperidine rings is 3. The number of esters is 2. The fourth-order valence-electron chi connectivity index (χ4n) is 6.67. The number of halogens is 4. The highest BCUT2D eigenvalue weighted by Gasteiger charge is 2.38. The molecule has 3 N–H and O–H groups in total. The number of hydrogen-bond donors (Lipinski definition) is 1. The zero-order valence-electron chi connectivity index (χ0n) is 28.5. The van der Waals surface area contributed by atoms with Crippen molar-refractivity contribution < 1.29 is 47.8 Å². The van der Waals surface area contributed by atoms with Crippen LogP contribution in [-0.4, -0.2) is 61.3 Å². The Morgan fingerprint density at radius 1 is 0.981 bits per heavy atom. The first-order valence-corrected chi connectivity index (χ1v) is 18.9. The first-order valence-electron chi connectivity index (χ1n) is 17.3. The molecule has 3 atom stereocenters. The largest absolute Gasteiger partial charge is 0.870 e. The van der Waals surface area contributed by atoms with E-state index in [4.69, 9.17) is 42.1 Å². The van der Waals surface area contributed by atoms with Crippen LogP contribution in [0.3, 0.4) is 0 Å². The molecule has 0 spiro atoms. The number of rotatable bonds is 15. The van der Waals surface area contributed by atoms with Crippen LogP contribution in [0.4, 0.5) is 14.5 Å². The predicted octanol–water partition coefficient (Wildman–Crippen LogP) is 8.01. The number of carbonyl (C=O) groups is 2. The van der Waals surface area contributed by atoms with Crippen LogP contribution in [0.15, 0.2) is 72.4 Å². The Morgan fingerprint density at radius 2 is 1.75 bits per heavy atom. The van der Waals surface area contributed by atoms with Crippen molar-refractivity contribution in [3.05, 3.63) is 104 Å². The van der Waals surface area contributed by atoms with Gasteiger partial charge in [0.05, 0.1) is 12.2 Å². The Bertz CT molecular complexity index is 1860. The van der Waals surface area contributed by atoms with Gasteiger partial charge in [0, 0.05) is 29.1 Å². The van der Waals surface area contributed by atoms with Crippen LogP contribution in [0.5, 0.6) is 11.5 Å². The second-order valence-corrected chi connectivity index (χ2v) is 15.1. The van der Waals surface area contributed by atoms with Crippen molar-refractivity contribution in [2.45, 2.75) is 57.0 Å². The lowest BCUT2D eigenvalue weighted by atomic mass is 9.86. The number of aromatic nitrogens is 1. The Kier molecular flexibility index (Phi) is 12.7. The molecule has 5 heterocycles. The smallest absolute Gasteiger partial charge is 0.387 e. The van der Waals surface area contributed by atoms with Crippen LogP contribution < -0.4 is 19.8 Å². The molecule has 2 bridgehead atoms. The lowest BCUT2D eigenvalue weighted by Gasteiger charge is -2.44. The first-order chi connectivity index (χ1) is 25.2. The molecular formula is C38H39Cl2F2N3O7S. The number of fused-ring (bicyclic) bond motifs is 3. The fraction of sp³-hybridized carbons (Fsp3) is 0.395. The van der Waals surface area contributed by atoms with Crippen molar-refractivity contribution in [3.8, 4) is 11.5 Å². The van der Waals surface area contributed by atoms with Crippen molar-refractivity contribution in [1.29, 1.82) is 0 Å². The number of ether oxygens (including phenoxy) is 4. The standard InChI is InChI=1S/C38H37Cl2F2N3O6S.H2O/c39-28-18-43-19-29(40)27(28)17-31(24-8-9-30(51-38(41)42)32(16-24)48-21-22-6-7-22)49-36(46)25-3-1-4-26(15-25)44-35(34-5-2-14-52-34)37(47)50-33-20-45-12-10-23(33)11-13-45;/h1-5,8-9,14-16,18-19,22-23,31,33,35,38,44H,6-7,10-13,17,20-21H2;1H2/t31-,33-,35?;/m0./s1. The predicted molar refractivity (Wildman–Crippen MR) is 194 cm³/mol. The van der Waals surface area contributed by atoms with Gasteiger partial charge in [-0.25, -0.2) is 14.6 Å². The molecule has 2 aromatic heterocycles. The minimum absolute atomic E-state index is 0. The molecule has 8 rings (SSSR count). The van der Waals surface area contributed by atoms with E-state index in [-0.39, 0.29) is 41.0 Å². The number of nitrogens with zero attached hydrogens (tertiary/aromatic N) is 1. The molecule has 1 unspecified atom stereocenters. The number of H-pyrrole nitrogens is 1. The van der Waals surface area contributed by atoms with Gasteiger partial charge in [-0.1, -0.05) is 41.4 Å². The summed E-state index contributed by atoms with van der Waals surface area (Å²) in [6.07, 6.45) is 6.11. The van der Waals surface area contributed by atoms with E-state index >= 15 is 0 Å². The zero-order chi connectivity index (χ0) is 36.2. The Labute approximate surface area is 319 Å². The van der Waals surface area contributed by atoms with Crippen LogP contribution in [0, 0.1) is 11.8 Å². The van der Waals surface area contributed by atoms with Gasteiger partial charge in [0.15, 0.2) is 29.9 Å². The van der Waals surface area contributed by atoms with Gasteiger partial charge in [0.2, 0.25) is 0 Å². The van der Waals surface area contributed by atoms with Crippen molar-refractivity contribution in [3.63, 3.8) is 0 Å². The quantitative estimate of drug-likeness (QED) is 0.119. The van der Waals surface area contributed by atoms with Gasteiger partial charge in [-0.05, 0) is 98.0 Å². The van der Waals surface area contributed by atoms with E-state index in [1.165, 1.54) is 17.4 Å². The summed E-state index contributed by atoms with van der Waals surface area (Å²) in [4.78, 5) is 33.5. The lowest BCUT2D eigenvalue weighted by molar-refractivity contribution is -0.377. The molecule has 15 heteroatoms. The maximum atomic E-state index is 13.9. The summed E-state index contributed by atoms with van der Waals surface area (Å²) >= 11 is 14.4. The minimum atomic E-state index is -3.05. The van der Waals surface area contributed by atoms with E-state index in [1.54, 1.807) is 48.8 Å². The van der Waals surface area contributed by atoms with Crippen molar-refractivity contribution in [1.82, 2.24) is 4.90 Å². The summed E-state index contributed by atoms with van der Waals surface area (Å²) in [5, 5.41) is 5.84. The van der Waals surface area contributed by atoms with Gasteiger partial charge in [0.1, 0.15) is 22.3 Å². The number of carbonyl (C=O) groups excluding carboxylic acids is 2. The van der Waals surface area contributed by atoms with Crippen LogP contribution in [0.2, 0.25) is 10.0 Å². The van der Waals surface area contributed by atoms with E-state index in [9.17, 15) is 18.4 Å². The summed E-state index contributed by atoms with van der Waals surface area (Å²) in [5.74, 6) is -0.350. The second-order valence-electron chi connectivity index (χ2n) is 13.4. The van der Waals surface area contributed by atoms with E-state index in [0.29, 0.717) is 45.3 Å². The highest BCUT2D eigenvalue weighted by molar-refractivity contribution is 7.10. The van der Waals surface area contributed by atoms with Crippen LogP contribution in [0.1, 0.15) is 64.2 Å². The summed E-state index contributed by atoms with van der Waals surface area (Å²) in [7, 11) is 0. The second kappa shape index (κ2) is 17.4. The number of anilines is 1. The van der Waals surface area contributed by atoms with Gasteiger partial charge >= 0.3 is 18.6 Å². The SMILES string of the molecule is O=C(O[C@@H](Cc1c(Cl)c[nH+]cc1Cl)c1ccc(OC(F)F)c(OCC2CC2)c1)c1cccc(NC(C(=O)O[C@H]2CN3CCC2CC3)c2cccs2)c1.[OH-]. The zero-order valence-corrected chi connectivity index (χ0v) is 30.8. The molecule has 1 saturated carbocycles. The molecule has 0 amide bonds. The number of aromatic amines is 1. The average molecular weight is 791 g/mol. The third-order valence-corrected chi connectivity index (χ3v) is 11.3. The van der Waals surface area contributed by atoms with Crippen LogP contribution in [0.25, 0.3) is 0 Å². The van der Waals surface area contributed by atoms with Gasteiger partial charge in [-0.15, -0.1) is 11.3 Å². The number of benzene rings is 2. The molecule has 53 heavy (non-hydrogen) atoms. The molecule has 0 radical (unpaired) electrons. The maximum Gasteiger partial charge on any atom is 0.387 e. The topological polar surface area (TPSA) is 130 Å². The van der Waals surface area contributed by atoms with E-state index in [1.807, 2.05) is 17.5 Å². The Hall–Kier alpha value is -4.01. The number of pyridine rings is 1. The first kappa shape index (κ1) is 38.7. The molecule has 1 aliphatic carbocycles. The highest BCUT2D eigenvalue weighted by Crippen LogP contribution is 2.38. The van der Waals surface area contributed by atoms with Crippen molar-refractivity contribution in [2.24, 2.45) is 11.8 Å². The van der Waals surface area contributed by atoms with Crippen LogP contribution >= 0.6 is 34.5 Å². The molecular weight excluding hydrogens is 751 g/mol. The molecule has 4 aromatic rings. The minimum Gasteiger partial charge on any atom is -0.870 e. The Morgan fingerprint density at radius 3 is 2.42 bits per heavy atom. The molecule has 282 valence electrons. The third-order valence-electron chi connectivity index (χ3n) is 9.70. The molecule has 4 aliphatic rings. The van der Waals surface area contributed by atoms with Crippen LogP contribution in [-0.2, 0) is 20.7 Å². The summed E-state index contributed by atoms with van der Waals surface area (Å²) < 4.78 is 49.4. The van der Waals surface area contributed by atoms with E-state index in [2.05, 4.69) is 15.2 Å². The number of thiophene rings is 1. The van der Waals surface area contributed by atoms with Gasteiger partial charge in [-0.2, -0.15) is 8.78 Å². The average Bonchev–Trinajstić information content (AvgIpc) is 3.82. The number of hydrogen-bond acceptors (Lipinski definition) is 10. The molecule has 3 saturated heterocycles. The maximum absolute atomic E-state index is 13.9. The summed E-state index contributed by atoms with van der Waals surface area (Å²) in [6.45, 7) is 0.103. The fourth-order valence-corrected chi connectivity index (χ4v) is 7.97. The normalized spacial score (nSPS) is 20.2. The summed E-state index contributed by atoms with van der Waals surface area (Å²) in [6, 6.07) is 14.1. The number of alkyl halides is 2. The van der Waals surface area contributed by atoms with Crippen molar-refractivity contribution >= 4 is 52.2 Å².